The van der Waals surface area contributed by atoms with Crippen LogP contribution in [-0.2, 0) is 70.9 Å². The molecule has 0 fully saturated rings. The number of carbonyl (C=O) groups is 4. The summed E-state index contributed by atoms with van der Waals surface area (Å²) in [5, 5.41) is 12.7. The Morgan fingerprint density at radius 2 is 1.12 bits per heavy atom. The first-order valence-electron chi connectivity index (χ1n) is 27.2. The molecule has 2 aromatic carbocycles. The van der Waals surface area contributed by atoms with E-state index in [1.807, 2.05) is 60.7 Å². The van der Waals surface area contributed by atoms with Crippen LogP contribution in [0.5, 0.6) is 0 Å². The number of pyridine rings is 4. The highest BCUT2D eigenvalue weighted by Crippen LogP contribution is 2.42. The number of ether oxygens (including phenoxy) is 3. The van der Waals surface area contributed by atoms with Gasteiger partial charge < -0.3 is 28.5 Å². The number of rotatable bonds is 17. The van der Waals surface area contributed by atoms with Gasteiger partial charge in [0.25, 0.3) is 11.1 Å². The number of fused-ring (bicyclic) bond motifs is 10. The Balaban J connectivity index is 0.000000183. The number of halogens is 1. The van der Waals surface area contributed by atoms with Gasteiger partial charge in [0.05, 0.1) is 58.0 Å². The molecule has 0 saturated heterocycles. The van der Waals surface area contributed by atoms with Crippen molar-refractivity contribution >= 4 is 65.8 Å². The van der Waals surface area contributed by atoms with Gasteiger partial charge in [-0.05, 0) is 73.7 Å². The number of hydrogen-bond donors (Lipinski definition) is 1. The van der Waals surface area contributed by atoms with Gasteiger partial charge in [-0.25, -0.2) is 19.6 Å². The van der Waals surface area contributed by atoms with E-state index < -0.39 is 29.1 Å². The fraction of sp³-hybridized carbons (Fsp3) is 0.458. The lowest BCUT2D eigenvalue weighted by Gasteiger charge is -2.35. The Morgan fingerprint density at radius 1 is 0.667 bits per heavy atom. The first-order chi connectivity index (χ1) is 36.7. The van der Waals surface area contributed by atoms with Gasteiger partial charge in [0.1, 0.15) is 13.2 Å². The van der Waals surface area contributed by atoms with Crippen molar-refractivity contribution in [3.8, 4) is 22.8 Å². The number of para-hydroxylation sites is 2. The molecule has 8 heterocycles. The number of esters is 3. The molecule has 1 unspecified atom stereocenters. The molecule has 4 aromatic heterocycles. The first-order valence-corrected chi connectivity index (χ1v) is 27.7. The standard InChI is InChI=1S/C29H32N2O5.C20H16N2O4.C9H17ClO.CH5P/c1-3-5-6-7-8-9-14-25(32)36-29(4-2)22-16-24-26-20(15-19-12-10-11-13-23(19)30-26)17-31(24)27(33)21(22)18-35-28(29)34;1-2-20(25)14-8-16-17-12(7-11-5-3-4-6-15(11)21-17)9-22(16)18(23)13(14)10-26-19(20)24;1-2-3-4-5-6-7-8-9(10)11;1-2/h10-13,15-16H,3-9,14,17-18H2,1-2H3;3-8,25H,2,9-10H2,1H3;2-8H2,1H3;2H2,1H3/t29-;20-;;/m00../s1/i;;;1T. The molecule has 14 nitrogen and oxygen atoms in total. The minimum atomic E-state index is -1.79. The molecule has 0 radical (unpaired) electrons. The molecule has 0 saturated carbocycles. The summed E-state index contributed by atoms with van der Waals surface area (Å²) < 4.78 is 25.9. The van der Waals surface area contributed by atoms with Crippen molar-refractivity contribution in [2.45, 2.75) is 168 Å². The normalized spacial score (nSPS) is 17.4. The van der Waals surface area contributed by atoms with Crippen LogP contribution >= 0.6 is 20.8 Å². The van der Waals surface area contributed by atoms with E-state index in [1.165, 1.54) is 38.5 Å². The van der Waals surface area contributed by atoms with Crippen molar-refractivity contribution < 1.29 is 39.9 Å². The van der Waals surface area contributed by atoms with E-state index >= 15 is 0 Å². The highest BCUT2D eigenvalue weighted by Gasteiger charge is 2.50. The summed E-state index contributed by atoms with van der Waals surface area (Å²) >= 11 is 5.18. The molecule has 1 N–H and O–H groups in total. The highest BCUT2D eigenvalue weighted by atomic mass is 35.5. The average molecular weight is 1060 g/mol. The molecular formula is C59H70ClN4O10P. The number of benzene rings is 2. The van der Waals surface area contributed by atoms with Gasteiger partial charge in [-0.3, -0.25) is 19.2 Å². The number of hydrogen-bond acceptors (Lipinski definition) is 12. The molecule has 3 atom stereocenters. The molecule has 0 bridgehead atoms. The molecule has 6 aromatic rings. The Hall–Kier alpha value is -6.08. The number of carbonyl (C=O) groups excluding carboxylic acids is 4. The van der Waals surface area contributed by atoms with Crippen molar-refractivity contribution in [3.05, 3.63) is 127 Å². The van der Waals surface area contributed by atoms with Crippen LogP contribution in [0.25, 0.3) is 44.6 Å². The van der Waals surface area contributed by atoms with Crippen molar-refractivity contribution in [1.29, 1.82) is 0 Å². The minimum Gasteiger partial charge on any atom is -0.458 e. The van der Waals surface area contributed by atoms with Crippen LogP contribution < -0.4 is 11.1 Å². The maximum atomic E-state index is 13.6. The summed E-state index contributed by atoms with van der Waals surface area (Å²) in [6, 6.07) is 23.2. The van der Waals surface area contributed by atoms with Gasteiger partial charge >= 0.3 is 17.9 Å². The number of cyclic esters (lactones) is 2. The molecule has 0 amide bonds. The molecule has 0 spiro atoms. The van der Waals surface area contributed by atoms with Gasteiger partial charge in [0, 0.05) is 47.2 Å². The SMILES string of the molecule is CCCCCCCCC(=O)Cl.CCCCCCCCC(=O)O[C@]1(CC)C(=O)OCc2c1cc1n(c2=O)Cc2cc3ccccc3nc2-1.CC[C@@]1(O)C(=O)OCc2c1cc1n(c2=O)Cc2cc3ccccc3nc2-1.[3H]CP. The Bertz CT molecular complexity index is 3230. The average Bonchev–Trinajstić information content (AvgIpc) is 4.01. The van der Waals surface area contributed by atoms with Crippen molar-refractivity contribution in [2.24, 2.45) is 0 Å². The smallest absolute Gasteiger partial charge is 0.355 e. The van der Waals surface area contributed by atoms with E-state index in [0.29, 0.717) is 66.2 Å². The molecule has 0 aliphatic carbocycles. The van der Waals surface area contributed by atoms with Gasteiger partial charge in [0.2, 0.25) is 10.8 Å². The van der Waals surface area contributed by atoms with Gasteiger partial charge in [-0.15, -0.1) is 9.24 Å². The summed E-state index contributed by atoms with van der Waals surface area (Å²) in [5.41, 5.74) is 3.89. The lowest BCUT2D eigenvalue weighted by atomic mass is 9.85. The van der Waals surface area contributed by atoms with Crippen LogP contribution in [-0.4, -0.2) is 54.0 Å². The molecule has 4 aliphatic heterocycles. The zero-order chi connectivity index (χ0) is 54.6. The van der Waals surface area contributed by atoms with Gasteiger partial charge in [0.15, 0.2) is 5.60 Å². The molecule has 75 heavy (non-hydrogen) atoms. The van der Waals surface area contributed by atoms with Crippen LogP contribution in [0.15, 0.2) is 82.4 Å². The van der Waals surface area contributed by atoms with Crippen molar-refractivity contribution in [3.63, 3.8) is 0 Å². The van der Waals surface area contributed by atoms with Crippen LogP contribution in [0.1, 0.15) is 165 Å². The van der Waals surface area contributed by atoms with E-state index in [-0.39, 0.29) is 48.8 Å². The summed E-state index contributed by atoms with van der Waals surface area (Å²) in [7, 11) is 2.25. The Kier molecular flexibility index (Phi) is 18.9. The second kappa shape index (κ2) is 25.6. The summed E-state index contributed by atoms with van der Waals surface area (Å²) in [6.07, 6.45) is 14.6. The molecule has 16 heteroatoms. The predicted molar refractivity (Wildman–Crippen MR) is 295 cm³/mol. The summed E-state index contributed by atoms with van der Waals surface area (Å²) in [5.74, 6) is -1.77. The highest BCUT2D eigenvalue weighted by molar-refractivity contribution is 7.15. The maximum absolute atomic E-state index is 13.6. The topological polar surface area (TPSA) is 186 Å². The van der Waals surface area contributed by atoms with Crippen LogP contribution in [0.3, 0.4) is 0 Å². The molecule has 10 rings (SSSR count). The second-order valence-corrected chi connectivity index (χ2v) is 19.8. The Labute approximate surface area is 447 Å². The zero-order valence-electron chi connectivity index (χ0n) is 44.6. The van der Waals surface area contributed by atoms with Gasteiger partial charge in [-0.2, -0.15) is 0 Å². The molecular weight excluding hydrogens is 991 g/mol. The molecule has 398 valence electrons. The number of aromatic nitrogens is 4. The van der Waals surface area contributed by atoms with E-state index in [2.05, 4.69) is 29.2 Å². The van der Waals surface area contributed by atoms with Crippen molar-refractivity contribution in [1.82, 2.24) is 19.1 Å². The maximum Gasteiger partial charge on any atom is 0.355 e. The third-order valence-electron chi connectivity index (χ3n) is 14.6. The first kappa shape index (κ1) is 55.2. The predicted octanol–water partition coefficient (Wildman–Crippen LogP) is 11.5. The van der Waals surface area contributed by atoms with E-state index in [4.69, 9.17) is 37.2 Å². The lowest BCUT2D eigenvalue weighted by Crippen LogP contribution is -2.47. The second-order valence-electron chi connectivity index (χ2n) is 19.4. The third kappa shape index (κ3) is 12.0. The van der Waals surface area contributed by atoms with Crippen LogP contribution in [0.2, 0.25) is 0 Å². The van der Waals surface area contributed by atoms with Gasteiger partial charge in [-0.1, -0.05) is 135 Å². The zero-order valence-corrected chi connectivity index (χ0v) is 45.6. The van der Waals surface area contributed by atoms with Crippen molar-refractivity contribution in [2.75, 3.05) is 6.64 Å². The number of unbranched alkanes of at least 4 members (excludes halogenated alkanes) is 10. The minimum absolute atomic E-state index is 0.110. The third-order valence-corrected chi connectivity index (χ3v) is 14.7. The quantitative estimate of drug-likeness (QED) is 0.0299. The van der Waals surface area contributed by atoms with Crippen LogP contribution in [0.4, 0.5) is 0 Å². The largest absolute Gasteiger partial charge is 0.458 e. The number of aliphatic hydroxyl groups is 1. The fourth-order valence-electron chi connectivity index (χ4n) is 10.3. The summed E-state index contributed by atoms with van der Waals surface area (Å²) in [6.45, 7) is 8.84. The van der Waals surface area contributed by atoms with Crippen LogP contribution in [0, 0.1) is 0 Å². The van der Waals surface area contributed by atoms with E-state index in [9.17, 15) is 33.9 Å². The molecule has 4 aliphatic rings. The fourth-order valence-corrected chi connectivity index (χ4v) is 10.5. The lowest BCUT2D eigenvalue weighted by molar-refractivity contribution is -0.189. The monoisotopic (exact) mass is 1060 g/mol. The summed E-state index contributed by atoms with van der Waals surface area (Å²) in [4.78, 5) is 84.5. The Morgan fingerprint density at radius 3 is 1.61 bits per heavy atom. The number of nitrogens with zero attached hydrogens (tertiary/aromatic N) is 4. The van der Waals surface area contributed by atoms with E-state index in [0.717, 1.165) is 76.4 Å². The van der Waals surface area contributed by atoms with E-state index in [1.54, 1.807) is 29.0 Å².